The number of hydrogen-bond acceptors (Lipinski definition) is 6. The highest BCUT2D eigenvalue weighted by atomic mass is 32.2. The van der Waals surface area contributed by atoms with Crippen molar-refractivity contribution in [3.63, 3.8) is 0 Å². The summed E-state index contributed by atoms with van der Waals surface area (Å²) in [6, 6.07) is 4.28. The van der Waals surface area contributed by atoms with Crippen LogP contribution in [0, 0.1) is 5.82 Å². The fraction of sp³-hybridized carbons (Fsp3) is 0.588. The van der Waals surface area contributed by atoms with E-state index in [1.807, 2.05) is 4.90 Å². The smallest absolute Gasteiger partial charge is 0.245 e. The number of piperidine rings is 1. The molecule has 0 aliphatic carbocycles. The first-order valence-corrected chi connectivity index (χ1v) is 10.6. The van der Waals surface area contributed by atoms with Gasteiger partial charge < -0.3 is 20.3 Å². The van der Waals surface area contributed by atoms with Gasteiger partial charge in [-0.3, -0.25) is 4.79 Å². The maximum Gasteiger partial charge on any atom is 0.245 e. The Morgan fingerprint density at radius 2 is 1.88 bits per heavy atom. The summed E-state index contributed by atoms with van der Waals surface area (Å²) in [5, 5.41) is 5.70. The number of nitrogens with one attached hydrogen (secondary N) is 2. The minimum atomic E-state index is -3.62. The van der Waals surface area contributed by atoms with Crippen LogP contribution in [0.3, 0.4) is 0 Å². The molecule has 1 aromatic rings. The molecule has 144 valence electrons. The molecule has 0 unspecified atom stereocenters. The van der Waals surface area contributed by atoms with Gasteiger partial charge in [-0.1, -0.05) is 0 Å². The first-order chi connectivity index (χ1) is 12.3. The predicted octanol–water partition coefficient (Wildman–Crippen LogP) is 0.768. The van der Waals surface area contributed by atoms with Crippen LogP contribution in [-0.4, -0.2) is 64.7 Å². The number of halogens is 1. The van der Waals surface area contributed by atoms with Crippen molar-refractivity contribution in [2.24, 2.45) is 0 Å². The lowest BCUT2D eigenvalue weighted by atomic mass is 9.95. The van der Waals surface area contributed by atoms with E-state index in [1.54, 1.807) is 6.07 Å². The topological polar surface area (TPSA) is 87.7 Å². The van der Waals surface area contributed by atoms with Gasteiger partial charge in [-0.15, -0.1) is 0 Å². The zero-order chi connectivity index (χ0) is 18.8. The number of carbonyl (C=O) groups excluding carboxylic acids is 1. The summed E-state index contributed by atoms with van der Waals surface area (Å²) in [5.74, 6) is -1.08. The fourth-order valence-electron chi connectivity index (χ4n) is 3.49. The van der Waals surface area contributed by atoms with E-state index in [4.69, 9.17) is 4.74 Å². The molecule has 2 aliphatic heterocycles. The number of anilines is 2. The quantitative estimate of drug-likeness (QED) is 0.796. The second kappa shape index (κ2) is 7.50. The van der Waals surface area contributed by atoms with E-state index in [9.17, 15) is 17.6 Å². The summed E-state index contributed by atoms with van der Waals surface area (Å²) in [6.45, 7) is 3.28. The highest BCUT2D eigenvalue weighted by Crippen LogP contribution is 2.30. The molecule has 2 saturated heterocycles. The Labute approximate surface area is 152 Å². The molecule has 0 radical (unpaired) electrons. The maximum atomic E-state index is 14.1. The number of benzene rings is 1. The maximum absolute atomic E-state index is 14.1. The first kappa shape index (κ1) is 19.1. The number of carbonyl (C=O) groups is 1. The van der Waals surface area contributed by atoms with Crippen molar-refractivity contribution in [1.82, 2.24) is 5.32 Å². The number of sulfone groups is 1. The molecule has 1 amide bonds. The third-order valence-electron chi connectivity index (χ3n) is 5.05. The number of morpholine rings is 1. The highest BCUT2D eigenvalue weighted by Gasteiger charge is 2.48. The minimum absolute atomic E-state index is 0.198. The van der Waals surface area contributed by atoms with Crippen LogP contribution in [0.2, 0.25) is 0 Å². The molecule has 0 spiro atoms. The molecule has 0 saturated carbocycles. The van der Waals surface area contributed by atoms with Crippen LogP contribution >= 0.6 is 0 Å². The summed E-state index contributed by atoms with van der Waals surface area (Å²) in [5.41, 5.74) is 0.903. The van der Waals surface area contributed by atoms with Crippen LogP contribution in [0.1, 0.15) is 12.8 Å². The van der Waals surface area contributed by atoms with Crippen molar-refractivity contribution in [3.8, 4) is 0 Å². The SMILES string of the molecule is CS(=O)(=O)C1(C(=O)Nc2cc(F)cc(N3CCOCC3)c2)CCNCC1. The molecule has 3 rings (SSSR count). The van der Waals surface area contributed by atoms with E-state index in [-0.39, 0.29) is 18.5 Å². The average molecular weight is 385 g/mol. The van der Waals surface area contributed by atoms with Gasteiger partial charge in [-0.05, 0) is 44.1 Å². The number of hydrogen-bond donors (Lipinski definition) is 2. The molecule has 9 heteroatoms. The zero-order valence-electron chi connectivity index (χ0n) is 14.8. The van der Waals surface area contributed by atoms with Crippen LogP contribution in [-0.2, 0) is 19.4 Å². The van der Waals surface area contributed by atoms with E-state index in [2.05, 4.69) is 10.6 Å². The molecule has 2 N–H and O–H groups in total. The number of amides is 1. The zero-order valence-corrected chi connectivity index (χ0v) is 15.6. The Balaban J connectivity index is 1.85. The third-order valence-corrected chi connectivity index (χ3v) is 7.06. The summed E-state index contributed by atoms with van der Waals surface area (Å²) in [7, 11) is -3.62. The summed E-state index contributed by atoms with van der Waals surface area (Å²) in [6.07, 6.45) is 1.48. The monoisotopic (exact) mass is 385 g/mol. The standard InChI is InChI=1S/C17H24FN3O4S/c1-26(23,24)17(2-4-19-5-3-17)16(22)20-14-10-13(18)11-15(12-14)21-6-8-25-9-7-21/h10-12,19H,2-9H2,1H3,(H,20,22). The molecule has 26 heavy (non-hydrogen) atoms. The van der Waals surface area contributed by atoms with Gasteiger partial charge in [0.05, 0.1) is 13.2 Å². The van der Waals surface area contributed by atoms with Crippen molar-refractivity contribution in [2.45, 2.75) is 17.6 Å². The van der Waals surface area contributed by atoms with Crippen molar-refractivity contribution >= 4 is 27.1 Å². The van der Waals surface area contributed by atoms with E-state index < -0.39 is 26.3 Å². The fourth-order valence-corrected chi connectivity index (χ4v) is 4.83. The van der Waals surface area contributed by atoms with Crippen LogP contribution in [0.4, 0.5) is 15.8 Å². The third kappa shape index (κ3) is 3.84. The Bertz CT molecular complexity index is 772. The molecule has 2 fully saturated rings. The predicted molar refractivity (Wildman–Crippen MR) is 97.7 cm³/mol. The van der Waals surface area contributed by atoms with Crippen LogP contribution in [0.5, 0.6) is 0 Å². The van der Waals surface area contributed by atoms with Gasteiger partial charge in [-0.2, -0.15) is 0 Å². The van der Waals surface area contributed by atoms with Gasteiger partial charge in [0.25, 0.3) is 0 Å². The highest BCUT2D eigenvalue weighted by molar-refractivity contribution is 7.92. The number of rotatable bonds is 4. The van der Waals surface area contributed by atoms with Crippen LogP contribution in [0.25, 0.3) is 0 Å². The molecule has 1 aromatic carbocycles. The lowest BCUT2D eigenvalue weighted by Crippen LogP contribution is -2.55. The molecule has 2 heterocycles. The first-order valence-electron chi connectivity index (χ1n) is 8.67. The van der Waals surface area contributed by atoms with E-state index in [0.29, 0.717) is 45.1 Å². The molecule has 7 nitrogen and oxygen atoms in total. The van der Waals surface area contributed by atoms with Gasteiger partial charge in [0.2, 0.25) is 5.91 Å². The van der Waals surface area contributed by atoms with E-state index in [1.165, 1.54) is 12.1 Å². The van der Waals surface area contributed by atoms with E-state index in [0.717, 1.165) is 6.26 Å². The van der Waals surface area contributed by atoms with Crippen LogP contribution < -0.4 is 15.5 Å². The molecular formula is C17H24FN3O4S. The molecule has 0 bridgehead atoms. The Morgan fingerprint density at radius 3 is 2.50 bits per heavy atom. The number of ether oxygens (including phenoxy) is 1. The molecular weight excluding hydrogens is 361 g/mol. The largest absolute Gasteiger partial charge is 0.378 e. The van der Waals surface area contributed by atoms with Crippen molar-refractivity contribution in [3.05, 3.63) is 24.0 Å². The van der Waals surface area contributed by atoms with Gasteiger partial charge >= 0.3 is 0 Å². The second-order valence-corrected chi connectivity index (χ2v) is 9.09. The van der Waals surface area contributed by atoms with Crippen molar-refractivity contribution in [2.75, 3.05) is 55.9 Å². The van der Waals surface area contributed by atoms with Gasteiger partial charge in [0, 0.05) is 30.7 Å². The van der Waals surface area contributed by atoms with Crippen molar-refractivity contribution in [1.29, 1.82) is 0 Å². The second-order valence-electron chi connectivity index (χ2n) is 6.77. The van der Waals surface area contributed by atoms with Gasteiger partial charge in [-0.25, -0.2) is 12.8 Å². The van der Waals surface area contributed by atoms with Gasteiger partial charge in [0.15, 0.2) is 14.6 Å². The van der Waals surface area contributed by atoms with Crippen LogP contribution in [0.15, 0.2) is 18.2 Å². The van der Waals surface area contributed by atoms with Gasteiger partial charge in [0.1, 0.15) is 5.82 Å². The van der Waals surface area contributed by atoms with Crippen molar-refractivity contribution < 1.29 is 22.3 Å². The van der Waals surface area contributed by atoms with E-state index >= 15 is 0 Å². The minimum Gasteiger partial charge on any atom is -0.378 e. The summed E-state index contributed by atoms with van der Waals surface area (Å²) < 4.78 is 42.6. The Morgan fingerprint density at radius 1 is 1.23 bits per heavy atom. The normalized spacial score (nSPS) is 20.6. The Kier molecular flexibility index (Phi) is 5.50. The Hall–Kier alpha value is -1.71. The summed E-state index contributed by atoms with van der Waals surface area (Å²) >= 11 is 0. The molecule has 0 atom stereocenters. The lowest BCUT2D eigenvalue weighted by Gasteiger charge is -2.34. The summed E-state index contributed by atoms with van der Waals surface area (Å²) in [4.78, 5) is 14.8. The molecule has 0 aromatic heterocycles. The average Bonchev–Trinajstić information content (AvgIpc) is 2.61. The number of nitrogens with zero attached hydrogens (tertiary/aromatic N) is 1. The lowest BCUT2D eigenvalue weighted by molar-refractivity contribution is -0.119. The molecule has 2 aliphatic rings.